The predicted molar refractivity (Wildman–Crippen MR) is 85.1 cm³/mol. The van der Waals surface area contributed by atoms with E-state index < -0.39 is 0 Å². The zero-order valence-corrected chi connectivity index (χ0v) is 12.5. The van der Waals surface area contributed by atoms with Crippen molar-refractivity contribution >= 4 is 16.9 Å². The van der Waals surface area contributed by atoms with E-state index in [1.54, 1.807) is 19.2 Å². The molecule has 112 valence electrons. The van der Waals surface area contributed by atoms with Crippen LogP contribution in [0.1, 0.15) is 29.1 Å². The average molecular weight is 295 g/mol. The van der Waals surface area contributed by atoms with Gasteiger partial charge in [-0.3, -0.25) is 4.79 Å². The first-order chi connectivity index (χ1) is 10.7. The first-order valence-electron chi connectivity index (χ1n) is 7.11. The van der Waals surface area contributed by atoms with E-state index in [1.165, 1.54) is 0 Å². The van der Waals surface area contributed by atoms with Crippen LogP contribution < -0.4 is 10.1 Å². The van der Waals surface area contributed by atoms with Crippen LogP contribution in [0.5, 0.6) is 5.75 Å². The van der Waals surface area contributed by atoms with Crippen molar-refractivity contribution in [2.45, 2.75) is 13.0 Å². The van der Waals surface area contributed by atoms with Gasteiger partial charge in [-0.15, -0.1) is 0 Å². The highest BCUT2D eigenvalue weighted by atomic mass is 16.5. The van der Waals surface area contributed by atoms with E-state index in [-0.39, 0.29) is 11.9 Å². The monoisotopic (exact) mass is 295 g/mol. The lowest BCUT2D eigenvalue weighted by Gasteiger charge is -2.13. The molecule has 0 saturated carbocycles. The molecule has 1 N–H and O–H groups in total. The van der Waals surface area contributed by atoms with Crippen LogP contribution in [-0.2, 0) is 0 Å². The minimum atomic E-state index is -0.232. The summed E-state index contributed by atoms with van der Waals surface area (Å²) < 4.78 is 11.0. The maximum Gasteiger partial charge on any atom is 0.255 e. The number of amides is 1. The summed E-state index contributed by atoms with van der Waals surface area (Å²) in [5, 5.41) is 3.96. The van der Waals surface area contributed by atoms with Gasteiger partial charge >= 0.3 is 0 Å². The van der Waals surface area contributed by atoms with Crippen molar-refractivity contribution in [3.63, 3.8) is 0 Å². The Kier molecular flexibility index (Phi) is 3.83. The van der Waals surface area contributed by atoms with Gasteiger partial charge in [0.1, 0.15) is 17.1 Å². The second-order valence-corrected chi connectivity index (χ2v) is 5.08. The fourth-order valence-corrected chi connectivity index (χ4v) is 2.39. The van der Waals surface area contributed by atoms with E-state index in [4.69, 9.17) is 9.15 Å². The van der Waals surface area contributed by atoms with Crippen LogP contribution in [0.2, 0.25) is 0 Å². The van der Waals surface area contributed by atoms with E-state index >= 15 is 0 Å². The number of rotatable bonds is 4. The molecular formula is C18H17NO3. The normalized spacial score (nSPS) is 12.1. The third-order valence-corrected chi connectivity index (χ3v) is 3.57. The van der Waals surface area contributed by atoms with Crippen LogP contribution in [0.15, 0.2) is 59.0 Å². The van der Waals surface area contributed by atoms with Gasteiger partial charge in [-0.1, -0.05) is 30.3 Å². The molecule has 0 aliphatic carbocycles. The maximum absolute atomic E-state index is 12.4. The molecule has 1 aromatic heterocycles. The molecule has 1 heterocycles. The second-order valence-electron chi connectivity index (χ2n) is 5.08. The Morgan fingerprint density at radius 1 is 1.14 bits per heavy atom. The van der Waals surface area contributed by atoms with Crippen molar-refractivity contribution in [2.75, 3.05) is 7.11 Å². The van der Waals surface area contributed by atoms with Gasteiger partial charge in [-0.25, -0.2) is 0 Å². The Labute approximate surface area is 128 Å². The molecule has 0 bridgehead atoms. The second kappa shape index (κ2) is 5.93. The summed E-state index contributed by atoms with van der Waals surface area (Å²) in [5.74, 6) is 1.09. The Morgan fingerprint density at radius 3 is 2.64 bits per heavy atom. The number of nitrogens with one attached hydrogen (secondary N) is 1. The van der Waals surface area contributed by atoms with Gasteiger partial charge in [0.05, 0.1) is 18.7 Å². The molecule has 0 spiro atoms. The number of hydrogen-bond donors (Lipinski definition) is 1. The molecule has 2 aromatic carbocycles. The first-order valence-corrected chi connectivity index (χ1v) is 7.11. The minimum absolute atomic E-state index is 0.189. The van der Waals surface area contributed by atoms with Gasteiger partial charge < -0.3 is 14.5 Å². The van der Waals surface area contributed by atoms with Crippen LogP contribution in [0.25, 0.3) is 11.0 Å². The van der Waals surface area contributed by atoms with Crippen molar-refractivity contribution in [3.05, 3.63) is 65.9 Å². The van der Waals surface area contributed by atoms with Gasteiger partial charge in [-0.05, 0) is 31.2 Å². The number of para-hydroxylation sites is 2. The van der Waals surface area contributed by atoms with Crippen LogP contribution in [0.3, 0.4) is 0 Å². The molecule has 4 heteroatoms. The standard InChI is InChI=1S/C18H17NO3/c1-12(17-11-13-7-3-5-9-15(13)22-17)19-18(20)14-8-4-6-10-16(14)21-2/h3-12H,1-2H3,(H,19,20). The fraction of sp³-hybridized carbons (Fsp3) is 0.167. The lowest BCUT2D eigenvalue weighted by molar-refractivity contribution is 0.0932. The molecule has 4 nitrogen and oxygen atoms in total. The van der Waals surface area contributed by atoms with Crippen LogP contribution >= 0.6 is 0 Å². The lowest BCUT2D eigenvalue weighted by Crippen LogP contribution is -2.26. The number of methoxy groups -OCH3 is 1. The summed E-state index contributed by atoms with van der Waals surface area (Å²) in [6, 6.07) is 16.6. The molecule has 0 saturated heterocycles. The molecular weight excluding hydrogens is 278 g/mol. The SMILES string of the molecule is COc1ccccc1C(=O)NC(C)c1cc2ccccc2o1. The summed E-state index contributed by atoms with van der Waals surface area (Å²) in [6.07, 6.45) is 0. The molecule has 0 fully saturated rings. The highest BCUT2D eigenvalue weighted by Crippen LogP contribution is 2.24. The molecule has 0 aliphatic heterocycles. The summed E-state index contributed by atoms with van der Waals surface area (Å²) in [5.41, 5.74) is 1.32. The Bertz CT molecular complexity index is 774. The smallest absolute Gasteiger partial charge is 0.255 e. The summed E-state index contributed by atoms with van der Waals surface area (Å²) in [7, 11) is 1.55. The number of carbonyl (C=O) groups is 1. The van der Waals surface area contributed by atoms with E-state index in [1.807, 2.05) is 49.4 Å². The predicted octanol–water partition coefficient (Wildman–Crippen LogP) is 3.93. The third-order valence-electron chi connectivity index (χ3n) is 3.57. The van der Waals surface area contributed by atoms with Crippen molar-refractivity contribution in [1.29, 1.82) is 0 Å². The van der Waals surface area contributed by atoms with Crippen LogP contribution in [-0.4, -0.2) is 13.0 Å². The zero-order chi connectivity index (χ0) is 15.5. The molecule has 22 heavy (non-hydrogen) atoms. The van der Waals surface area contributed by atoms with Crippen LogP contribution in [0, 0.1) is 0 Å². The highest BCUT2D eigenvalue weighted by molar-refractivity contribution is 5.97. The van der Waals surface area contributed by atoms with Crippen molar-refractivity contribution in [2.24, 2.45) is 0 Å². The highest BCUT2D eigenvalue weighted by Gasteiger charge is 2.17. The molecule has 0 radical (unpaired) electrons. The number of fused-ring (bicyclic) bond motifs is 1. The van der Waals surface area contributed by atoms with Crippen molar-refractivity contribution in [1.82, 2.24) is 5.32 Å². The average Bonchev–Trinajstić information content (AvgIpc) is 2.99. The summed E-state index contributed by atoms with van der Waals surface area (Å²) in [6.45, 7) is 1.89. The number of hydrogen-bond acceptors (Lipinski definition) is 3. The van der Waals surface area contributed by atoms with E-state index in [9.17, 15) is 4.79 Å². The van der Waals surface area contributed by atoms with Crippen molar-refractivity contribution < 1.29 is 13.9 Å². The quantitative estimate of drug-likeness (QED) is 0.793. The Balaban J connectivity index is 1.81. The van der Waals surface area contributed by atoms with E-state index in [0.29, 0.717) is 11.3 Å². The Hall–Kier alpha value is -2.75. The molecule has 1 amide bonds. The fourth-order valence-electron chi connectivity index (χ4n) is 2.39. The van der Waals surface area contributed by atoms with Gasteiger partial charge in [0.15, 0.2) is 0 Å². The Morgan fingerprint density at radius 2 is 1.86 bits per heavy atom. The molecule has 3 aromatic rings. The van der Waals surface area contributed by atoms with Gasteiger partial charge in [-0.2, -0.15) is 0 Å². The number of furan rings is 1. The summed E-state index contributed by atoms with van der Waals surface area (Å²) in [4.78, 5) is 12.4. The number of ether oxygens (including phenoxy) is 1. The van der Waals surface area contributed by atoms with Gasteiger partial charge in [0.2, 0.25) is 0 Å². The molecule has 3 rings (SSSR count). The van der Waals surface area contributed by atoms with E-state index in [2.05, 4.69) is 5.32 Å². The minimum Gasteiger partial charge on any atom is -0.496 e. The van der Waals surface area contributed by atoms with Gasteiger partial charge in [0, 0.05) is 5.39 Å². The molecule has 0 aliphatic rings. The lowest BCUT2D eigenvalue weighted by atomic mass is 10.1. The third kappa shape index (κ3) is 2.68. The van der Waals surface area contributed by atoms with Gasteiger partial charge in [0.25, 0.3) is 5.91 Å². The number of benzene rings is 2. The summed E-state index contributed by atoms with van der Waals surface area (Å²) >= 11 is 0. The maximum atomic E-state index is 12.4. The van der Waals surface area contributed by atoms with E-state index in [0.717, 1.165) is 16.7 Å². The molecule has 1 atom stereocenters. The number of carbonyl (C=O) groups excluding carboxylic acids is 1. The zero-order valence-electron chi connectivity index (χ0n) is 12.5. The van der Waals surface area contributed by atoms with Crippen molar-refractivity contribution in [3.8, 4) is 5.75 Å². The largest absolute Gasteiger partial charge is 0.496 e. The first kappa shape index (κ1) is 14.2. The topological polar surface area (TPSA) is 51.5 Å². The molecule has 1 unspecified atom stereocenters. The van der Waals surface area contributed by atoms with Crippen LogP contribution in [0.4, 0.5) is 0 Å².